The van der Waals surface area contributed by atoms with Crippen molar-refractivity contribution in [2.45, 2.75) is 57.7 Å². The van der Waals surface area contributed by atoms with E-state index in [9.17, 15) is 13.6 Å². The SMILES string of the molecule is CC(C)(C)OC(=O)NC1(CNCc2ccc(F)c(F)c2)CCC1. The molecule has 0 unspecified atom stereocenters. The molecular formula is C17H24F2N2O2. The van der Waals surface area contributed by atoms with Gasteiger partial charge in [-0.1, -0.05) is 6.07 Å². The van der Waals surface area contributed by atoms with Crippen LogP contribution in [0.5, 0.6) is 0 Å². The maximum Gasteiger partial charge on any atom is 0.408 e. The van der Waals surface area contributed by atoms with E-state index in [0.717, 1.165) is 25.3 Å². The fraction of sp³-hybridized carbons (Fsp3) is 0.588. The summed E-state index contributed by atoms with van der Waals surface area (Å²) < 4.78 is 31.4. The number of amides is 1. The van der Waals surface area contributed by atoms with Crippen molar-refractivity contribution in [2.75, 3.05) is 6.54 Å². The molecule has 0 aromatic heterocycles. The van der Waals surface area contributed by atoms with Crippen LogP contribution < -0.4 is 10.6 Å². The van der Waals surface area contributed by atoms with Gasteiger partial charge in [-0.2, -0.15) is 0 Å². The van der Waals surface area contributed by atoms with Gasteiger partial charge in [0.15, 0.2) is 11.6 Å². The summed E-state index contributed by atoms with van der Waals surface area (Å²) in [5.74, 6) is -1.70. The second-order valence-corrected chi connectivity index (χ2v) is 7.11. The Bertz CT molecular complexity index is 566. The first kappa shape index (κ1) is 17.7. The summed E-state index contributed by atoms with van der Waals surface area (Å²) in [5.41, 5.74) is -0.190. The number of nitrogens with one attached hydrogen (secondary N) is 2. The molecule has 23 heavy (non-hydrogen) atoms. The zero-order chi connectivity index (χ0) is 17.1. The molecule has 128 valence electrons. The molecule has 2 rings (SSSR count). The molecule has 1 aliphatic rings. The average Bonchev–Trinajstić information content (AvgIpc) is 2.37. The van der Waals surface area contributed by atoms with Crippen molar-refractivity contribution in [1.29, 1.82) is 0 Å². The summed E-state index contributed by atoms with van der Waals surface area (Å²) in [4.78, 5) is 11.9. The monoisotopic (exact) mass is 326 g/mol. The molecule has 2 N–H and O–H groups in total. The number of halogens is 2. The zero-order valence-corrected chi connectivity index (χ0v) is 13.8. The predicted octanol–water partition coefficient (Wildman–Crippen LogP) is 3.50. The largest absolute Gasteiger partial charge is 0.444 e. The Morgan fingerprint density at radius 3 is 2.48 bits per heavy atom. The Morgan fingerprint density at radius 1 is 1.26 bits per heavy atom. The van der Waals surface area contributed by atoms with Crippen molar-refractivity contribution in [3.63, 3.8) is 0 Å². The van der Waals surface area contributed by atoms with Gasteiger partial charge in [0.05, 0.1) is 5.54 Å². The lowest BCUT2D eigenvalue weighted by Gasteiger charge is -2.42. The molecule has 0 bridgehead atoms. The van der Waals surface area contributed by atoms with Gasteiger partial charge in [-0.15, -0.1) is 0 Å². The highest BCUT2D eigenvalue weighted by atomic mass is 19.2. The van der Waals surface area contributed by atoms with Crippen LogP contribution in [-0.4, -0.2) is 23.8 Å². The van der Waals surface area contributed by atoms with Crippen molar-refractivity contribution in [1.82, 2.24) is 10.6 Å². The first-order valence-corrected chi connectivity index (χ1v) is 7.85. The highest BCUT2D eigenvalue weighted by Crippen LogP contribution is 2.31. The predicted molar refractivity (Wildman–Crippen MR) is 84.0 cm³/mol. The molecule has 0 saturated heterocycles. The van der Waals surface area contributed by atoms with Crippen molar-refractivity contribution >= 4 is 6.09 Å². The normalized spacial score (nSPS) is 16.6. The van der Waals surface area contributed by atoms with Gasteiger partial charge >= 0.3 is 6.09 Å². The van der Waals surface area contributed by atoms with E-state index in [2.05, 4.69) is 10.6 Å². The second-order valence-electron chi connectivity index (χ2n) is 7.11. The van der Waals surface area contributed by atoms with E-state index in [-0.39, 0.29) is 5.54 Å². The minimum absolute atomic E-state index is 0.319. The summed E-state index contributed by atoms with van der Waals surface area (Å²) >= 11 is 0. The van der Waals surface area contributed by atoms with Crippen molar-refractivity contribution in [3.05, 3.63) is 35.4 Å². The molecule has 1 fully saturated rings. The average molecular weight is 326 g/mol. The van der Waals surface area contributed by atoms with Crippen molar-refractivity contribution in [3.8, 4) is 0 Å². The van der Waals surface area contributed by atoms with Gasteiger partial charge in [-0.3, -0.25) is 0 Å². The van der Waals surface area contributed by atoms with Crippen LogP contribution >= 0.6 is 0 Å². The maximum absolute atomic E-state index is 13.2. The quantitative estimate of drug-likeness (QED) is 0.871. The third-order valence-electron chi connectivity index (χ3n) is 3.85. The molecule has 1 aliphatic carbocycles. The third-order valence-corrected chi connectivity index (χ3v) is 3.85. The summed E-state index contributed by atoms with van der Waals surface area (Å²) in [6.07, 6.45) is 2.36. The Morgan fingerprint density at radius 2 is 1.96 bits per heavy atom. The Kier molecular flexibility index (Phi) is 5.24. The van der Waals surface area contributed by atoms with E-state index in [1.54, 1.807) is 6.07 Å². The minimum Gasteiger partial charge on any atom is -0.444 e. The number of benzene rings is 1. The molecule has 1 aromatic rings. The second kappa shape index (κ2) is 6.83. The van der Waals surface area contributed by atoms with E-state index in [4.69, 9.17) is 4.74 Å². The fourth-order valence-corrected chi connectivity index (χ4v) is 2.57. The van der Waals surface area contributed by atoms with Gasteiger partial charge in [-0.05, 0) is 57.7 Å². The van der Waals surface area contributed by atoms with Gasteiger partial charge in [0, 0.05) is 13.1 Å². The summed E-state index contributed by atoms with van der Waals surface area (Å²) in [7, 11) is 0. The van der Waals surface area contributed by atoms with Crippen LogP contribution in [0.4, 0.5) is 13.6 Å². The van der Waals surface area contributed by atoms with Crippen molar-refractivity contribution < 1.29 is 18.3 Å². The first-order chi connectivity index (χ1) is 10.7. The molecule has 0 spiro atoms. The molecular weight excluding hydrogens is 302 g/mol. The number of hydrogen-bond donors (Lipinski definition) is 2. The summed E-state index contributed by atoms with van der Waals surface area (Å²) in [5, 5.41) is 6.14. The molecule has 0 heterocycles. The molecule has 4 nitrogen and oxygen atoms in total. The molecule has 6 heteroatoms. The van der Waals surface area contributed by atoms with Crippen LogP contribution in [0.1, 0.15) is 45.6 Å². The summed E-state index contributed by atoms with van der Waals surface area (Å²) in [6, 6.07) is 3.83. The van der Waals surface area contributed by atoms with E-state index in [0.29, 0.717) is 18.7 Å². The number of alkyl carbamates (subject to hydrolysis) is 1. The van der Waals surface area contributed by atoms with Gasteiger partial charge in [0.25, 0.3) is 0 Å². The van der Waals surface area contributed by atoms with Crippen LogP contribution in [0.25, 0.3) is 0 Å². The van der Waals surface area contributed by atoms with Gasteiger partial charge in [-0.25, -0.2) is 13.6 Å². The lowest BCUT2D eigenvalue weighted by molar-refractivity contribution is 0.0382. The first-order valence-electron chi connectivity index (χ1n) is 7.85. The topological polar surface area (TPSA) is 50.4 Å². The fourth-order valence-electron chi connectivity index (χ4n) is 2.57. The number of ether oxygens (including phenoxy) is 1. The maximum atomic E-state index is 13.2. The molecule has 0 aliphatic heterocycles. The molecule has 1 saturated carbocycles. The van der Waals surface area contributed by atoms with Crippen LogP contribution in [0, 0.1) is 11.6 Å². The Hall–Kier alpha value is -1.69. The van der Waals surface area contributed by atoms with Crippen LogP contribution in [0.3, 0.4) is 0 Å². The number of hydrogen-bond acceptors (Lipinski definition) is 3. The van der Waals surface area contributed by atoms with Gasteiger partial charge in [0.1, 0.15) is 5.60 Å². The highest BCUT2D eigenvalue weighted by molar-refractivity contribution is 5.69. The zero-order valence-electron chi connectivity index (χ0n) is 13.8. The molecule has 1 amide bonds. The van der Waals surface area contributed by atoms with E-state index < -0.39 is 23.3 Å². The number of rotatable bonds is 5. The number of carbonyl (C=O) groups excluding carboxylic acids is 1. The highest BCUT2D eigenvalue weighted by Gasteiger charge is 2.39. The Labute approximate surface area is 135 Å². The van der Waals surface area contributed by atoms with Crippen molar-refractivity contribution in [2.24, 2.45) is 0 Å². The van der Waals surface area contributed by atoms with E-state index >= 15 is 0 Å². The molecule has 1 aromatic carbocycles. The summed E-state index contributed by atoms with van der Waals surface area (Å²) in [6.45, 7) is 6.43. The van der Waals surface area contributed by atoms with E-state index in [1.807, 2.05) is 20.8 Å². The molecule has 0 atom stereocenters. The van der Waals surface area contributed by atoms with Gasteiger partial charge in [0.2, 0.25) is 0 Å². The van der Waals surface area contributed by atoms with E-state index in [1.165, 1.54) is 6.07 Å². The Balaban J connectivity index is 1.84. The lowest BCUT2D eigenvalue weighted by Crippen LogP contribution is -2.59. The molecule has 0 radical (unpaired) electrons. The van der Waals surface area contributed by atoms with Crippen LogP contribution in [-0.2, 0) is 11.3 Å². The van der Waals surface area contributed by atoms with Crippen LogP contribution in [0.2, 0.25) is 0 Å². The third kappa shape index (κ3) is 5.16. The van der Waals surface area contributed by atoms with Crippen LogP contribution in [0.15, 0.2) is 18.2 Å². The van der Waals surface area contributed by atoms with Gasteiger partial charge < -0.3 is 15.4 Å². The number of carbonyl (C=O) groups is 1. The minimum atomic E-state index is -0.852. The lowest BCUT2D eigenvalue weighted by atomic mass is 9.76. The smallest absolute Gasteiger partial charge is 0.408 e. The standard InChI is InChI=1S/C17H24F2N2O2/c1-16(2,3)23-15(22)21-17(7-4-8-17)11-20-10-12-5-6-13(18)14(19)9-12/h5-6,9,20H,4,7-8,10-11H2,1-3H3,(H,21,22).